The Morgan fingerprint density at radius 3 is 1.15 bits per heavy atom. The fraction of sp³-hybridized carbons (Fsp3) is 0.875. The molecule has 0 saturated carbocycles. The number of alkyl carbamates (subject to hydrolysis) is 2. The number of hydrogen-bond acceptors (Lipinski definition) is 13. The second-order valence-electron chi connectivity index (χ2n) is 23.2. The largest absolute Gasteiger partial charge is 0.498 e. The molecule has 0 fully saturated rings. The molecular formula is C64H122N6O11. The quantitative estimate of drug-likeness (QED) is 0.0194. The second-order valence-corrected chi connectivity index (χ2v) is 23.2. The van der Waals surface area contributed by atoms with Crippen LogP contribution in [0.15, 0.2) is 12.3 Å². The molecule has 17 heteroatoms. The van der Waals surface area contributed by atoms with Crippen LogP contribution in [0.1, 0.15) is 253 Å². The van der Waals surface area contributed by atoms with Gasteiger partial charge in [-0.1, -0.05) is 181 Å². The van der Waals surface area contributed by atoms with E-state index in [9.17, 15) is 28.8 Å². The van der Waals surface area contributed by atoms with Crippen molar-refractivity contribution in [2.45, 2.75) is 253 Å². The Morgan fingerprint density at radius 1 is 0.432 bits per heavy atom. The molecule has 0 aliphatic carbocycles. The smallest absolute Gasteiger partial charge is 0.407 e. The lowest BCUT2D eigenvalue weighted by molar-refractivity contribution is -0.161. The summed E-state index contributed by atoms with van der Waals surface area (Å²) in [5.74, 6) is -1.27. The van der Waals surface area contributed by atoms with E-state index < -0.39 is 35.5 Å². The zero-order chi connectivity index (χ0) is 59.9. The number of rotatable bonds is 58. The van der Waals surface area contributed by atoms with Crippen molar-refractivity contribution in [2.24, 2.45) is 11.3 Å². The van der Waals surface area contributed by atoms with Crippen molar-refractivity contribution < 1.29 is 52.5 Å². The Morgan fingerprint density at radius 2 is 0.765 bits per heavy atom. The van der Waals surface area contributed by atoms with E-state index >= 15 is 0 Å². The Bertz CT molecular complexity index is 1590. The van der Waals surface area contributed by atoms with Gasteiger partial charge in [0.2, 0.25) is 11.8 Å². The van der Waals surface area contributed by atoms with Gasteiger partial charge in [0.25, 0.3) is 0 Å². The van der Waals surface area contributed by atoms with Gasteiger partial charge in [-0.25, -0.2) is 9.59 Å². The molecule has 4 amide bonds. The van der Waals surface area contributed by atoms with Crippen LogP contribution in [-0.4, -0.2) is 145 Å². The van der Waals surface area contributed by atoms with Crippen molar-refractivity contribution in [2.75, 3.05) is 99.5 Å². The number of allylic oxidation sites excluding steroid dienone is 1. The normalized spacial score (nSPS) is 12.4. The zero-order valence-electron chi connectivity index (χ0n) is 52.9. The zero-order valence-corrected chi connectivity index (χ0v) is 52.9. The van der Waals surface area contributed by atoms with Crippen LogP contribution >= 0.6 is 0 Å². The fourth-order valence-electron chi connectivity index (χ4n) is 9.17. The predicted octanol–water partition coefficient (Wildman–Crippen LogP) is 13.1. The molecule has 0 aliphatic rings. The van der Waals surface area contributed by atoms with Gasteiger partial charge in [0.15, 0.2) is 0 Å². The number of hydrogen-bond donors (Lipinski definition) is 4. The lowest BCUT2D eigenvalue weighted by Gasteiger charge is -2.27. The number of ether oxygens (including phenoxy) is 5. The number of nitrogens with zero attached hydrogens (tertiary/aromatic N) is 2. The molecule has 2 unspecified atom stereocenters. The van der Waals surface area contributed by atoms with Crippen molar-refractivity contribution in [1.82, 2.24) is 31.1 Å². The van der Waals surface area contributed by atoms with Crippen LogP contribution < -0.4 is 21.3 Å². The van der Waals surface area contributed by atoms with E-state index in [0.717, 1.165) is 64.7 Å². The molecule has 0 aromatic heterocycles. The third-order valence-corrected chi connectivity index (χ3v) is 14.6. The summed E-state index contributed by atoms with van der Waals surface area (Å²) in [6.07, 6.45) is 38.1. The molecule has 4 N–H and O–H groups in total. The third kappa shape index (κ3) is 51.3. The highest BCUT2D eigenvalue weighted by atomic mass is 16.6. The Labute approximate surface area is 493 Å². The molecule has 0 aromatic carbocycles. The van der Waals surface area contributed by atoms with E-state index in [2.05, 4.69) is 51.5 Å². The SMILES string of the molecule is C=C(C)OCC(C)(COC(=O)NCCCN(C)CCCNC(=O)CCCCCCCCCCCCCCC)C(=O)OCCCOC(=O)C(C)COC(=O)NCCCN(C)CCCNC(=O)CCCCCCCCCCCCCCCC. The molecule has 0 rings (SSSR count). The van der Waals surface area contributed by atoms with Gasteiger partial charge in [-0.3, -0.25) is 19.2 Å². The highest BCUT2D eigenvalue weighted by Crippen LogP contribution is 2.22. The van der Waals surface area contributed by atoms with Crippen LogP contribution in [0, 0.1) is 11.3 Å². The monoisotopic (exact) mass is 1150 g/mol. The van der Waals surface area contributed by atoms with Crippen molar-refractivity contribution in [3.63, 3.8) is 0 Å². The molecule has 0 aromatic rings. The first kappa shape index (κ1) is 76.9. The number of carbonyl (C=O) groups is 6. The average molecular weight is 1150 g/mol. The van der Waals surface area contributed by atoms with E-state index in [1.54, 1.807) is 20.8 Å². The van der Waals surface area contributed by atoms with E-state index in [1.807, 2.05) is 14.1 Å². The lowest BCUT2D eigenvalue weighted by atomic mass is 9.93. The Hall–Kier alpha value is -4.12. The molecule has 81 heavy (non-hydrogen) atoms. The number of unbranched alkanes of at least 4 members (excludes halogenated alkanes) is 25. The van der Waals surface area contributed by atoms with E-state index in [1.165, 1.54) is 148 Å². The van der Waals surface area contributed by atoms with E-state index in [0.29, 0.717) is 57.6 Å². The maximum absolute atomic E-state index is 13.2. The summed E-state index contributed by atoms with van der Waals surface area (Å²) in [6, 6.07) is 0. The van der Waals surface area contributed by atoms with E-state index in [4.69, 9.17) is 23.7 Å². The first-order valence-corrected chi connectivity index (χ1v) is 32.5. The molecule has 0 radical (unpaired) electrons. The highest BCUT2D eigenvalue weighted by molar-refractivity contribution is 5.78. The summed E-state index contributed by atoms with van der Waals surface area (Å²) in [4.78, 5) is 79.5. The van der Waals surface area contributed by atoms with Crippen LogP contribution in [0.2, 0.25) is 0 Å². The summed E-state index contributed by atoms with van der Waals surface area (Å²) >= 11 is 0. The summed E-state index contributed by atoms with van der Waals surface area (Å²) in [7, 11) is 4.02. The topological polar surface area (TPSA) is 203 Å². The van der Waals surface area contributed by atoms with Gasteiger partial charge >= 0.3 is 24.1 Å². The molecule has 0 saturated heterocycles. The first-order chi connectivity index (χ1) is 39.1. The first-order valence-electron chi connectivity index (χ1n) is 32.5. The van der Waals surface area contributed by atoms with Gasteiger partial charge in [-0.2, -0.15) is 0 Å². The highest BCUT2D eigenvalue weighted by Gasteiger charge is 2.38. The van der Waals surface area contributed by atoms with Crippen molar-refractivity contribution >= 4 is 35.9 Å². The number of nitrogens with one attached hydrogen (secondary N) is 4. The van der Waals surface area contributed by atoms with Crippen molar-refractivity contribution in [1.29, 1.82) is 0 Å². The fourth-order valence-corrected chi connectivity index (χ4v) is 9.17. The summed E-state index contributed by atoms with van der Waals surface area (Å²) in [5, 5.41) is 11.5. The van der Waals surface area contributed by atoms with Crippen molar-refractivity contribution in [3.05, 3.63) is 12.3 Å². The molecule has 17 nitrogen and oxygen atoms in total. The van der Waals surface area contributed by atoms with Gasteiger partial charge in [0, 0.05) is 45.4 Å². The van der Waals surface area contributed by atoms with Crippen LogP contribution in [-0.2, 0) is 42.9 Å². The summed E-state index contributed by atoms with van der Waals surface area (Å²) < 4.78 is 27.0. The number of carbonyl (C=O) groups excluding carboxylic acids is 6. The lowest BCUT2D eigenvalue weighted by Crippen LogP contribution is -2.41. The summed E-state index contributed by atoms with van der Waals surface area (Å²) in [5.41, 5.74) is -1.33. The third-order valence-electron chi connectivity index (χ3n) is 14.6. The van der Waals surface area contributed by atoms with Crippen LogP contribution in [0.25, 0.3) is 0 Å². The van der Waals surface area contributed by atoms with E-state index in [-0.39, 0.29) is 51.3 Å². The van der Waals surface area contributed by atoms with Crippen LogP contribution in [0.3, 0.4) is 0 Å². The molecule has 0 aliphatic heterocycles. The van der Waals surface area contributed by atoms with Crippen molar-refractivity contribution in [3.8, 4) is 0 Å². The van der Waals surface area contributed by atoms with Gasteiger partial charge in [0.1, 0.15) is 25.2 Å². The maximum atomic E-state index is 13.2. The molecule has 474 valence electrons. The molecule has 0 spiro atoms. The average Bonchev–Trinajstić information content (AvgIpc) is 3.44. The predicted molar refractivity (Wildman–Crippen MR) is 328 cm³/mol. The Balaban J connectivity index is 4.08. The van der Waals surface area contributed by atoms with Gasteiger partial charge < -0.3 is 54.8 Å². The number of esters is 2. The standard InChI is InChI=1S/C64H122N6O11/c1-9-11-13-15-17-19-21-23-25-27-29-31-33-35-42-58(71)65-43-36-47-69(7)49-38-45-67-62(75)79-53-57(5)60(73)77-51-40-52-78-61(74)64(6,54-80-56(3)4)55-81-63(76)68-46-39-50-70(8)48-37-44-66-59(72)41-34-32-30-28-26-24-22-20-18-16-14-12-10-2/h57H,3,9-55H2,1-2,4-8H3,(H,65,71)(H,66,72)(H,67,75)(H,68,76). The Kier molecular flexibility index (Phi) is 52.3. The second kappa shape index (κ2) is 55.1. The van der Waals surface area contributed by atoms with Gasteiger partial charge in [-0.15, -0.1) is 0 Å². The van der Waals surface area contributed by atoms with Crippen LogP contribution in [0.4, 0.5) is 9.59 Å². The molecular weight excluding hydrogens is 1030 g/mol. The minimum Gasteiger partial charge on any atom is -0.498 e. The van der Waals surface area contributed by atoms with Crippen LogP contribution in [0.5, 0.6) is 0 Å². The van der Waals surface area contributed by atoms with Gasteiger partial charge in [-0.05, 0) is 99.6 Å². The molecule has 0 bridgehead atoms. The minimum atomic E-state index is -1.33. The molecule has 2 atom stereocenters. The minimum absolute atomic E-state index is 0.0225. The molecule has 0 heterocycles. The number of amides is 4. The van der Waals surface area contributed by atoms with Gasteiger partial charge in [0.05, 0.1) is 24.9 Å². The summed E-state index contributed by atoms with van der Waals surface area (Å²) in [6.45, 7) is 17.7. The maximum Gasteiger partial charge on any atom is 0.407 e.